The summed E-state index contributed by atoms with van der Waals surface area (Å²) in [6.45, 7) is 5.72. The second kappa shape index (κ2) is 10.5. The van der Waals surface area contributed by atoms with Crippen LogP contribution in [0.1, 0.15) is 49.9 Å². The molecule has 0 bridgehead atoms. The number of anilines is 1. The first kappa shape index (κ1) is 25.4. The van der Waals surface area contributed by atoms with Gasteiger partial charge in [0.25, 0.3) is 0 Å². The summed E-state index contributed by atoms with van der Waals surface area (Å²) in [5.74, 6) is 0.612. The number of hydrogen-bond donors (Lipinski definition) is 1. The zero-order valence-electron chi connectivity index (χ0n) is 20.8. The fourth-order valence-electron chi connectivity index (χ4n) is 4.52. The van der Waals surface area contributed by atoms with Gasteiger partial charge >= 0.3 is 6.61 Å². The number of hydrogen-bond acceptors (Lipinski definition) is 7. The Bertz CT molecular complexity index is 1230. The van der Waals surface area contributed by atoms with Crippen LogP contribution in [-0.2, 0) is 11.2 Å². The summed E-state index contributed by atoms with van der Waals surface area (Å²) in [6, 6.07) is 6.91. The van der Waals surface area contributed by atoms with Crippen LogP contribution < -0.4 is 10.1 Å². The molecule has 0 aliphatic carbocycles. The van der Waals surface area contributed by atoms with E-state index in [0.29, 0.717) is 24.5 Å². The van der Waals surface area contributed by atoms with Crippen molar-refractivity contribution in [1.29, 1.82) is 0 Å². The van der Waals surface area contributed by atoms with E-state index in [-0.39, 0.29) is 17.3 Å². The number of halogens is 2. The van der Waals surface area contributed by atoms with Gasteiger partial charge < -0.3 is 15.0 Å². The fourth-order valence-corrected chi connectivity index (χ4v) is 4.52. The number of carbonyl (C=O) groups excluding carboxylic acids is 1. The topological polar surface area (TPSA) is 93.1 Å². The first-order valence-corrected chi connectivity index (χ1v) is 11.9. The Kier molecular flexibility index (Phi) is 7.42. The van der Waals surface area contributed by atoms with Crippen LogP contribution in [0, 0.1) is 6.92 Å². The van der Waals surface area contributed by atoms with Crippen LogP contribution in [0.4, 0.5) is 14.6 Å². The summed E-state index contributed by atoms with van der Waals surface area (Å²) in [6.07, 6.45) is 6.40. The van der Waals surface area contributed by atoms with Gasteiger partial charge in [0.15, 0.2) is 5.82 Å². The Morgan fingerprint density at radius 1 is 1.22 bits per heavy atom. The molecule has 0 spiro atoms. The molecule has 190 valence electrons. The molecule has 0 saturated heterocycles. The van der Waals surface area contributed by atoms with E-state index in [9.17, 15) is 13.6 Å². The number of ether oxygens (including phenoxy) is 1. The van der Waals surface area contributed by atoms with Crippen LogP contribution in [0.3, 0.4) is 0 Å². The maximum atomic E-state index is 13.4. The van der Waals surface area contributed by atoms with Gasteiger partial charge in [0, 0.05) is 43.3 Å². The van der Waals surface area contributed by atoms with E-state index in [2.05, 4.69) is 38.0 Å². The van der Waals surface area contributed by atoms with E-state index < -0.39 is 12.5 Å². The number of pyridine rings is 2. The first-order valence-electron chi connectivity index (χ1n) is 11.9. The van der Waals surface area contributed by atoms with Gasteiger partial charge in [-0.05, 0) is 69.9 Å². The first-order chi connectivity index (χ1) is 17.2. The second-order valence-electron chi connectivity index (χ2n) is 9.27. The van der Waals surface area contributed by atoms with E-state index in [1.54, 1.807) is 36.4 Å². The van der Waals surface area contributed by atoms with Crippen molar-refractivity contribution < 1.29 is 18.3 Å². The van der Waals surface area contributed by atoms with Crippen molar-refractivity contribution in [2.24, 2.45) is 0 Å². The molecule has 2 atom stereocenters. The Hall–Kier alpha value is -3.69. The zero-order chi connectivity index (χ0) is 25.9. The van der Waals surface area contributed by atoms with Crippen LogP contribution >= 0.6 is 0 Å². The molecule has 0 fully saturated rings. The van der Waals surface area contributed by atoms with E-state index in [4.69, 9.17) is 4.98 Å². The lowest BCUT2D eigenvalue weighted by Crippen LogP contribution is -2.51. The number of amides is 1. The molecular formula is C26H30F2N6O2. The van der Waals surface area contributed by atoms with Crippen molar-refractivity contribution in [3.63, 3.8) is 0 Å². The van der Waals surface area contributed by atoms with Crippen LogP contribution in [0.25, 0.3) is 11.4 Å². The molecule has 1 aliphatic rings. The predicted molar refractivity (Wildman–Crippen MR) is 132 cm³/mol. The minimum absolute atomic E-state index is 0.0961. The predicted octanol–water partition coefficient (Wildman–Crippen LogP) is 4.61. The number of aromatic nitrogens is 4. The SMILES string of the molecule is CCN(C[C@@]1(C)CCc2cc(-c3ncccn3)c(C)nc2N1)C(=O)[C@@H](C)c1ccnc(OC(F)F)c1. The van der Waals surface area contributed by atoms with Crippen molar-refractivity contribution >= 4 is 11.7 Å². The lowest BCUT2D eigenvalue weighted by Gasteiger charge is -2.40. The number of alkyl halides is 2. The van der Waals surface area contributed by atoms with Gasteiger partial charge in [-0.3, -0.25) is 4.79 Å². The smallest absolute Gasteiger partial charge is 0.388 e. The molecule has 8 nitrogen and oxygen atoms in total. The van der Waals surface area contributed by atoms with Crippen molar-refractivity contribution in [1.82, 2.24) is 24.8 Å². The molecule has 0 aromatic carbocycles. The van der Waals surface area contributed by atoms with Crippen molar-refractivity contribution in [2.75, 3.05) is 18.4 Å². The average Bonchev–Trinajstić information content (AvgIpc) is 2.86. The highest BCUT2D eigenvalue weighted by Gasteiger charge is 2.35. The standard InChI is InChI=1S/C26H30F2N6O2/c1-5-34(24(35)16(2)18-8-12-29-21(14-18)36-25(27)28)15-26(4)9-7-19-13-20(17(3)32-22(19)33-26)23-30-10-6-11-31-23/h6,8,10-14,16,25H,5,7,9,15H2,1-4H3,(H,32,33)/t16-,26+/m0/s1. The van der Waals surface area contributed by atoms with Gasteiger partial charge in [-0.15, -0.1) is 0 Å². The summed E-state index contributed by atoms with van der Waals surface area (Å²) in [7, 11) is 0. The maximum Gasteiger partial charge on any atom is 0.388 e. The highest BCUT2D eigenvalue weighted by atomic mass is 19.3. The summed E-state index contributed by atoms with van der Waals surface area (Å²) in [5, 5.41) is 3.56. The molecule has 0 radical (unpaired) electrons. The minimum Gasteiger partial charge on any atom is -0.417 e. The summed E-state index contributed by atoms with van der Waals surface area (Å²) < 4.78 is 29.6. The lowest BCUT2D eigenvalue weighted by atomic mass is 9.87. The molecule has 1 aliphatic heterocycles. The van der Waals surface area contributed by atoms with Gasteiger partial charge in [-0.1, -0.05) is 0 Å². The highest BCUT2D eigenvalue weighted by molar-refractivity contribution is 5.83. The van der Waals surface area contributed by atoms with Crippen molar-refractivity contribution in [3.8, 4) is 17.3 Å². The number of likely N-dealkylation sites (N-methyl/N-ethyl adjacent to an activating group) is 1. The molecule has 3 aromatic rings. The number of fused-ring (bicyclic) bond motifs is 1. The van der Waals surface area contributed by atoms with Crippen molar-refractivity contribution in [2.45, 2.75) is 58.6 Å². The fraction of sp³-hybridized carbons (Fsp3) is 0.423. The summed E-state index contributed by atoms with van der Waals surface area (Å²) >= 11 is 0. The molecular weight excluding hydrogens is 466 g/mol. The molecule has 4 rings (SSSR count). The van der Waals surface area contributed by atoms with Gasteiger partial charge in [-0.2, -0.15) is 8.78 Å². The minimum atomic E-state index is -2.97. The lowest BCUT2D eigenvalue weighted by molar-refractivity contribution is -0.133. The molecule has 0 saturated carbocycles. The molecule has 1 N–H and O–H groups in total. The van der Waals surface area contributed by atoms with Gasteiger partial charge in [-0.25, -0.2) is 19.9 Å². The molecule has 36 heavy (non-hydrogen) atoms. The molecule has 1 amide bonds. The maximum absolute atomic E-state index is 13.4. The zero-order valence-corrected chi connectivity index (χ0v) is 20.8. The Morgan fingerprint density at radius 3 is 2.67 bits per heavy atom. The largest absolute Gasteiger partial charge is 0.417 e. The van der Waals surface area contributed by atoms with Gasteiger partial charge in [0.2, 0.25) is 11.8 Å². The number of rotatable bonds is 8. The van der Waals surface area contributed by atoms with Crippen LogP contribution in [-0.4, -0.2) is 56.0 Å². The highest BCUT2D eigenvalue weighted by Crippen LogP contribution is 2.34. The number of nitrogens with zero attached hydrogens (tertiary/aromatic N) is 5. The summed E-state index contributed by atoms with van der Waals surface area (Å²) in [5.41, 5.74) is 3.01. The van der Waals surface area contributed by atoms with Gasteiger partial charge in [0.05, 0.1) is 17.2 Å². The third kappa shape index (κ3) is 5.58. The molecule has 10 heteroatoms. The van der Waals surface area contributed by atoms with E-state index in [1.807, 2.05) is 13.8 Å². The molecule has 0 unspecified atom stereocenters. The van der Waals surface area contributed by atoms with E-state index in [1.165, 1.54) is 12.3 Å². The van der Waals surface area contributed by atoms with Crippen LogP contribution in [0.5, 0.6) is 5.88 Å². The Balaban J connectivity index is 1.49. The van der Waals surface area contributed by atoms with Crippen molar-refractivity contribution in [3.05, 3.63) is 59.7 Å². The molecule has 3 aromatic heterocycles. The summed E-state index contributed by atoms with van der Waals surface area (Å²) in [4.78, 5) is 32.5. The third-order valence-electron chi connectivity index (χ3n) is 6.54. The van der Waals surface area contributed by atoms with E-state index >= 15 is 0 Å². The quantitative estimate of drug-likeness (QED) is 0.487. The van der Waals surface area contributed by atoms with Crippen LogP contribution in [0.2, 0.25) is 0 Å². The Labute approximate surface area is 209 Å². The number of carbonyl (C=O) groups is 1. The monoisotopic (exact) mass is 496 g/mol. The van der Waals surface area contributed by atoms with Crippen LogP contribution in [0.15, 0.2) is 42.9 Å². The number of nitrogens with one attached hydrogen (secondary N) is 1. The Morgan fingerprint density at radius 2 is 1.97 bits per heavy atom. The number of aryl methyl sites for hydroxylation is 2. The third-order valence-corrected chi connectivity index (χ3v) is 6.54. The average molecular weight is 497 g/mol. The second-order valence-corrected chi connectivity index (χ2v) is 9.27. The molecule has 4 heterocycles. The normalized spacial score (nSPS) is 17.8. The van der Waals surface area contributed by atoms with Gasteiger partial charge in [0.1, 0.15) is 5.82 Å². The van der Waals surface area contributed by atoms with E-state index in [0.717, 1.165) is 35.5 Å².